The molecule has 11 nitrogen and oxygen atoms in total. The second-order valence-corrected chi connectivity index (χ2v) is 11.4. The van der Waals surface area contributed by atoms with Crippen LogP contribution in [0.2, 0.25) is 5.02 Å². The van der Waals surface area contributed by atoms with Crippen LogP contribution in [0.3, 0.4) is 0 Å². The molecule has 3 aliphatic heterocycles. The maximum atomic E-state index is 13.9. The van der Waals surface area contributed by atoms with Crippen LogP contribution in [0.5, 0.6) is 0 Å². The summed E-state index contributed by atoms with van der Waals surface area (Å²) in [5, 5.41) is 15.3. The number of nitrogens with one attached hydrogen (secondary N) is 1. The van der Waals surface area contributed by atoms with Gasteiger partial charge in [0.1, 0.15) is 11.9 Å². The monoisotopic (exact) mass is 604 g/mol. The molecule has 2 fully saturated rings. The van der Waals surface area contributed by atoms with Gasteiger partial charge in [0.25, 0.3) is 0 Å². The lowest BCUT2D eigenvalue weighted by molar-refractivity contribution is -0.142. The predicted molar refractivity (Wildman–Crippen MR) is 150 cm³/mol. The van der Waals surface area contributed by atoms with E-state index in [1.54, 1.807) is 22.9 Å². The molecule has 1 aromatic heterocycles. The zero-order valence-electron chi connectivity index (χ0n) is 22.5. The standard InChI is InChI=1S/C27H30ClFN6O5S/c1-3-15(25(36)37)11-34-13-17-12-33(7-8-35(17)27(34)39)14-20-21(26(38)40-2)22(18-5-4-16(29)10-19(18)28)32-23(31-20)24-30-6-9-41-24/h4-6,9-10,15,17,22H,3,7-8,11-14H2,1-2H3,(H,31,32)(H,36,37)/t15?,17-,22-/m0/s1. The molecule has 218 valence electrons. The number of carbonyl (C=O) groups excluding carboxylic acids is 2. The number of carbonyl (C=O) groups is 3. The van der Waals surface area contributed by atoms with Crippen molar-refractivity contribution < 1.29 is 28.6 Å². The van der Waals surface area contributed by atoms with Gasteiger partial charge >= 0.3 is 18.0 Å². The van der Waals surface area contributed by atoms with Crippen LogP contribution < -0.4 is 5.32 Å². The number of hydrogen-bond donors (Lipinski definition) is 2. The van der Waals surface area contributed by atoms with Gasteiger partial charge < -0.3 is 25.0 Å². The van der Waals surface area contributed by atoms with Crippen molar-refractivity contribution in [2.24, 2.45) is 10.9 Å². The fraction of sp³-hybridized carbons (Fsp3) is 0.444. The average Bonchev–Trinajstić information content (AvgIpc) is 3.59. The molecule has 0 saturated carbocycles. The molecule has 0 bridgehead atoms. The van der Waals surface area contributed by atoms with Gasteiger partial charge in [0.05, 0.1) is 24.6 Å². The number of ether oxygens (including phenoxy) is 1. The molecule has 0 aliphatic carbocycles. The number of piperazine rings is 1. The number of carboxylic acid groups (broad SMARTS) is 1. The van der Waals surface area contributed by atoms with Crippen molar-refractivity contribution in [3.63, 3.8) is 0 Å². The quantitative estimate of drug-likeness (QED) is 0.418. The number of benzene rings is 1. The second-order valence-electron chi connectivity index (χ2n) is 10.1. The number of rotatable bonds is 9. The molecule has 4 heterocycles. The first kappa shape index (κ1) is 29.0. The number of hydrogen-bond acceptors (Lipinski definition) is 9. The molecule has 2 saturated heterocycles. The number of methoxy groups -OCH3 is 1. The first-order valence-electron chi connectivity index (χ1n) is 13.2. The van der Waals surface area contributed by atoms with Crippen molar-refractivity contribution >= 4 is 46.7 Å². The van der Waals surface area contributed by atoms with Gasteiger partial charge in [-0.05, 0) is 18.6 Å². The number of amidine groups is 1. The van der Waals surface area contributed by atoms with E-state index in [1.807, 2.05) is 5.38 Å². The highest BCUT2D eigenvalue weighted by molar-refractivity contribution is 7.11. The van der Waals surface area contributed by atoms with Crippen molar-refractivity contribution in [1.82, 2.24) is 25.0 Å². The lowest BCUT2D eigenvalue weighted by Gasteiger charge is -2.38. The Morgan fingerprint density at radius 3 is 2.78 bits per heavy atom. The minimum absolute atomic E-state index is 0.122. The molecule has 1 unspecified atom stereocenters. The summed E-state index contributed by atoms with van der Waals surface area (Å²) < 4.78 is 19.1. The highest BCUT2D eigenvalue weighted by Gasteiger charge is 2.42. The van der Waals surface area contributed by atoms with E-state index in [-0.39, 0.29) is 29.2 Å². The summed E-state index contributed by atoms with van der Waals surface area (Å²) >= 11 is 7.81. The first-order chi connectivity index (χ1) is 19.7. The van der Waals surface area contributed by atoms with Gasteiger partial charge in [-0.25, -0.2) is 19.0 Å². The zero-order valence-corrected chi connectivity index (χ0v) is 24.1. The van der Waals surface area contributed by atoms with E-state index in [0.717, 1.165) is 0 Å². The van der Waals surface area contributed by atoms with Crippen molar-refractivity contribution in [2.75, 3.05) is 46.4 Å². The lowest BCUT2D eigenvalue weighted by atomic mass is 9.95. The molecule has 3 atom stereocenters. The fourth-order valence-corrected chi connectivity index (χ4v) is 6.34. The topological polar surface area (TPSA) is 128 Å². The summed E-state index contributed by atoms with van der Waals surface area (Å²) in [6.07, 6.45) is 2.09. The van der Waals surface area contributed by atoms with Crippen LogP contribution in [0.25, 0.3) is 0 Å². The second kappa shape index (κ2) is 12.1. The highest BCUT2D eigenvalue weighted by atomic mass is 35.5. The van der Waals surface area contributed by atoms with Crippen LogP contribution in [0.15, 0.2) is 46.0 Å². The molecule has 3 aliphatic rings. The molecule has 14 heteroatoms. The molecular formula is C27H30ClFN6O5S. The fourth-order valence-electron chi connectivity index (χ4n) is 5.48. The van der Waals surface area contributed by atoms with Crippen LogP contribution in [-0.4, -0.2) is 101 Å². The maximum absolute atomic E-state index is 13.9. The maximum Gasteiger partial charge on any atom is 0.338 e. The molecule has 0 radical (unpaired) electrons. The zero-order chi connectivity index (χ0) is 29.3. The number of carboxylic acids is 1. The predicted octanol–water partition coefficient (Wildman–Crippen LogP) is 2.99. The number of nitrogens with zero attached hydrogens (tertiary/aromatic N) is 5. The van der Waals surface area contributed by atoms with E-state index in [4.69, 9.17) is 21.3 Å². The van der Waals surface area contributed by atoms with E-state index in [0.29, 0.717) is 61.2 Å². The SMILES string of the molecule is CCC(CN1C[C@@H]2CN(CC3=C(C(=O)OC)[C@H](c4ccc(F)cc4Cl)N=C(c4nccs4)N3)CCN2C1=O)C(=O)O. The van der Waals surface area contributed by atoms with Crippen LogP contribution in [0, 0.1) is 11.7 Å². The Hall–Kier alpha value is -3.55. The normalized spacial score (nSPS) is 21.9. The van der Waals surface area contributed by atoms with E-state index < -0.39 is 29.7 Å². The van der Waals surface area contributed by atoms with E-state index in [9.17, 15) is 23.9 Å². The largest absolute Gasteiger partial charge is 0.481 e. The Bertz CT molecular complexity index is 1400. The van der Waals surface area contributed by atoms with Crippen LogP contribution in [0.4, 0.5) is 9.18 Å². The Morgan fingerprint density at radius 2 is 2.12 bits per heavy atom. The summed E-state index contributed by atoms with van der Waals surface area (Å²) in [7, 11) is 1.29. The van der Waals surface area contributed by atoms with Crippen molar-refractivity contribution in [2.45, 2.75) is 25.4 Å². The number of esters is 1. The molecular weight excluding hydrogens is 575 g/mol. The van der Waals surface area contributed by atoms with Crippen LogP contribution in [0.1, 0.15) is 30.0 Å². The molecule has 0 spiro atoms. The lowest BCUT2D eigenvalue weighted by Crippen LogP contribution is -2.53. The molecule has 2 N–H and O–H groups in total. The Labute approximate surface area is 245 Å². The number of thiazole rings is 1. The Balaban J connectivity index is 1.43. The minimum atomic E-state index is -0.911. The van der Waals surface area contributed by atoms with Crippen LogP contribution in [-0.2, 0) is 14.3 Å². The summed E-state index contributed by atoms with van der Waals surface area (Å²) in [6.45, 7) is 4.24. The van der Waals surface area contributed by atoms with Gasteiger partial charge in [0.15, 0.2) is 10.8 Å². The first-order valence-corrected chi connectivity index (χ1v) is 14.5. The van der Waals surface area contributed by atoms with Crippen molar-refractivity contribution in [3.8, 4) is 0 Å². The average molecular weight is 605 g/mol. The minimum Gasteiger partial charge on any atom is -0.481 e. The van der Waals surface area contributed by atoms with Gasteiger partial charge in [-0.1, -0.05) is 24.6 Å². The van der Waals surface area contributed by atoms with E-state index >= 15 is 0 Å². The number of aliphatic carboxylic acids is 1. The number of fused-ring (bicyclic) bond motifs is 1. The van der Waals surface area contributed by atoms with Gasteiger partial charge in [-0.15, -0.1) is 11.3 Å². The third kappa shape index (κ3) is 5.92. The third-order valence-electron chi connectivity index (χ3n) is 7.60. The number of aromatic nitrogens is 1. The van der Waals surface area contributed by atoms with E-state index in [2.05, 4.69) is 15.2 Å². The number of aliphatic imine (C=N–C) groups is 1. The summed E-state index contributed by atoms with van der Waals surface area (Å²) in [5.74, 6) is -2.18. The summed E-state index contributed by atoms with van der Waals surface area (Å²) in [4.78, 5) is 52.4. The van der Waals surface area contributed by atoms with Gasteiger partial charge in [0.2, 0.25) is 0 Å². The number of amides is 2. The number of halogens is 2. The van der Waals surface area contributed by atoms with Crippen LogP contribution >= 0.6 is 22.9 Å². The smallest absolute Gasteiger partial charge is 0.338 e. The molecule has 41 heavy (non-hydrogen) atoms. The summed E-state index contributed by atoms with van der Waals surface area (Å²) in [5.41, 5.74) is 1.25. The van der Waals surface area contributed by atoms with Gasteiger partial charge in [-0.3, -0.25) is 14.7 Å². The van der Waals surface area contributed by atoms with Crippen molar-refractivity contribution in [3.05, 3.63) is 62.5 Å². The van der Waals surface area contributed by atoms with E-state index in [1.165, 1.54) is 36.6 Å². The Morgan fingerprint density at radius 1 is 1.32 bits per heavy atom. The van der Waals surface area contributed by atoms with Gasteiger partial charge in [0, 0.05) is 67.1 Å². The summed E-state index contributed by atoms with van der Waals surface area (Å²) in [6, 6.07) is 2.83. The molecule has 2 amide bonds. The van der Waals surface area contributed by atoms with Gasteiger partial charge in [-0.2, -0.15) is 0 Å². The molecule has 1 aromatic carbocycles. The number of urea groups is 1. The Kier molecular flexibility index (Phi) is 8.57. The highest BCUT2D eigenvalue weighted by Crippen LogP contribution is 2.37. The van der Waals surface area contributed by atoms with Crippen molar-refractivity contribution in [1.29, 1.82) is 0 Å². The third-order valence-corrected chi connectivity index (χ3v) is 8.71. The molecule has 2 aromatic rings. The molecule has 5 rings (SSSR count).